The number of rotatable bonds is 4. The van der Waals surface area contributed by atoms with Gasteiger partial charge in [-0.05, 0) is 36.4 Å². The molecule has 0 N–H and O–H groups in total. The van der Waals surface area contributed by atoms with Crippen LogP contribution in [0.4, 0.5) is 0 Å². The fraction of sp³-hybridized carbons (Fsp3) is 0.138. The van der Waals surface area contributed by atoms with E-state index in [1.165, 1.54) is 20.5 Å². The molecule has 184 valence electrons. The molecule has 3 aromatic carbocycles. The quantitative estimate of drug-likeness (QED) is 0.224. The van der Waals surface area contributed by atoms with Gasteiger partial charge >= 0.3 is 5.97 Å². The zero-order chi connectivity index (χ0) is 25.7. The fourth-order valence-electron chi connectivity index (χ4n) is 4.87. The molecule has 1 atom stereocenters. The van der Waals surface area contributed by atoms with Crippen molar-refractivity contribution in [2.75, 3.05) is 14.2 Å². The highest BCUT2D eigenvalue weighted by atomic mass is 16.5. The Morgan fingerprint density at radius 3 is 2.57 bits per heavy atom. The predicted octanol–water partition coefficient (Wildman–Crippen LogP) is 4.87. The Bertz CT molecular complexity index is 1690. The summed E-state index contributed by atoms with van der Waals surface area (Å²) in [4.78, 5) is 39.2. The van der Waals surface area contributed by atoms with Crippen LogP contribution in [0.25, 0.3) is 17.0 Å². The molecule has 1 aromatic heterocycles. The van der Waals surface area contributed by atoms with Gasteiger partial charge in [0.15, 0.2) is 22.7 Å². The van der Waals surface area contributed by atoms with E-state index in [9.17, 15) is 14.4 Å². The molecule has 0 bridgehead atoms. The summed E-state index contributed by atoms with van der Waals surface area (Å²) < 4.78 is 28.1. The molecule has 37 heavy (non-hydrogen) atoms. The van der Waals surface area contributed by atoms with Gasteiger partial charge in [-0.1, -0.05) is 24.3 Å². The molecule has 2 aliphatic rings. The number of methoxy groups -OCH3 is 2. The van der Waals surface area contributed by atoms with Crippen molar-refractivity contribution < 1.29 is 33.0 Å². The Labute approximate surface area is 210 Å². The maximum absolute atomic E-state index is 13.4. The number of carbonyl (C=O) groups is 2. The zero-order valence-corrected chi connectivity index (χ0v) is 19.9. The van der Waals surface area contributed by atoms with Crippen LogP contribution in [0.15, 0.2) is 75.8 Å². The van der Waals surface area contributed by atoms with Gasteiger partial charge in [-0.2, -0.15) is 0 Å². The Morgan fingerprint density at radius 2 is 1.76 bits per heavy atom. The van der Waals surface area contributed by atoms with Crippen molar-refractivity contribution in [3.63, 3.8) is 0 Å². The number of esters is 1. The minimum Gasteiger partial charge on any atom is -0.493 e. The van der Waals surface area contributed by atoms with Crippen molar-refractivity contribution in [2.24, 2.45) is 0 Å². The van der Waals surface area contributed by atoms with Crippen molar-refractivity contribution in [1.82, 2.24) is 0 Å². The molecular weight excluding hydrogens is 476 g/mol. The highest BCUT2D eigenvalue weighted by Crippen LogP contribution is 2.49. The number of para-hydroxylation sites is 2. The first kappa shape index (κ1) is 22.6. The third-order valence-electron chi connectivity index (χ3n) is 6.58. The van der Waals surface area contributed by atoms with Crippen LogP contribution in [0.2, 0.25) is 0 Å². The maximum atomic E-state index is 13.4. The van der Waals surface area contributed by atoms with Crippen molar-refractivity contribution in [1.29, 1.82) is 0 Å². The normalized spacial score (nSPS) is 17.2. The molecule has 8 heteroatoms. The summed E-state index contributed by atoms with van der Waals surface area (Å²) in [5.41, 5.74) is 1.82. The van der Waals surface area contributed by atoms with Gasteiger partial charge < -0.3 is 23.4 Å². The zero-order valence-electron chi connectivity index (χ0n) is 19.9. The van der Waals surface area contributed by atoms with Crippen molar-refractivity contribution in [3.8, 4) is 23.0 Å². The Hall–Kier alpha value is -4.85. The average Bonchev–Trinajstić information content (AvgIpc) is 3.23. The number of allylic oxidation sites excluding steroid dienone is 1. The van der Waals surface area contributed by atoms with E-state index in [1.807, 2.05) is 0 Å². The van der Waals surface area contributed by atoms with E-state index in [2.05, 4.69) is 0 Å². The van der Waals surface area contributed by atoms with Crippen LogP contribution < -0.4 is 24.4 Å². The lowest BCUT2D eigenvalue weighted by Gasteiger charge is -2.25. The van der Waals surface area contributed by atoms with Crippen LogP contribution in [0.1, 0.15) is 39.4 Å². The lowest BCUT2D eigenvalue weighted by Crippen LogP contribution is -2.25. The number of carbonyl (C=O) groups excluding carboxylic acids is 2. The molecule has 0 fully saturated rings. The van der Waals surface area contributed by atoms with E-state index in [-0.39, 0.29) is 40.5 Å². The first-order chi connectivity index (χ1) is 18.0. The molecular formula is C29H20O8. The Balaban J connectivity index is 1.49. The van der Waals surface area contributed by atoms with Crippen LogP contribution in [0.3, 0.4) is 0 Å². The monoisotopic (exact) mass is 496 g/mol. The van der Waals surface area contributed by atoms with E-state index >= 15 is 0 Å². The number of ether oxygens (including phenoxy) is 4. The highest BCUT2D eigenvalue weighted by Gasteiger charge is 2.39. The van der Waals surface area contributed by atoms with E-state index in [1.54, 1.807) is 60.7 Å². The third kappa shape index (κ3) is 3.57. The lowest BCUT2D eigenvalue weighted by atomic mass is 9.85. The van der Waals surface area contributed by atoms with Crippen molar-refractivity contribution in [3.05, 3.63) is 99.1 Å². The number of Topliss-reactive ketones (excluding diaryl/α,β-unsaturated/α-hetero) is 1. The average molecular weight is 496 g/mol. The second kappa shape index (κ2) is 8.67. The van der Waals surface area contributed by atoms with E-state index in [0.717, 1.165) is 0 Å². The van der Waals surface area contributed by atoms with Gasteiger partial charge in [0, 0.05) is 22.6 Å². The van der Waals surface area contributed by atoms with Crippen LogP contribution in [0, 0.1) is 0 Å². The molecule has 0 radical (unpaired) electrons. The highest BCUT2D eigenvalue weighted by molar-refractivity contribution is 6.15. The second-order valence-electron chi connectivity index (χ2n) is 8.62. The maximum Gasteiger partial charge on any atom is 0.312 e. The summed E-state index contributed by atoms with van der Waals surface area (Å²) in [5, 5.41) is 0.399. The summed E-state index contributed by atoms with van der Waals surface area (Å²) in [6.07, 6.45) is 2.84. The van der Waals surface area contributed by atoms with Gasteiger partial charge in [0.25, 0.3) is 0 Å². The van der Waals surface area contributed by atoms with Gasteiger partial charge in [-0.15, -0.1) is 0 Å². The molecule has 2 aliphatic heterocycles. The molecule has 0 saturated carbocycles. The summed E-state index contributed by atoms with van der Waals surface area (Å²) in [7, 11) is 3.04. The van der Waals surface area contributed by atoms with Crippen molar-refractivity contribution in [2.45, 2.75) is 12.3 Å². The fourth-order valence-corrected chi connectivity index (χ4v) is 4.87. The first-order valence-electron chi connectivity index (χ1n) is 11.5. The minimum absolute atomic E-state index is 0.0659. The molecule has 0 amide bonds. The van der Waals surface area contributed by atoms with Crippen LogP contribution in [0.5, 0.6) is 23.0 Å². The summed E-state index contributed by atoms with van der Waals surface area (Å²) >= 11 is 0. The van der Waals surface area contributed by atoms with E-state index in [4.69, 9.17) is 23.4 Å². The van der Waals surface area contributed by atoms with Gasteiger partial charge in [-0.25, -0.2) is 0 Å². The van der Waals surface area contributed by atoms with Gasteiger partial charge in [0.1, 0.15) is 17.1 Å². The molecule has 1 unspecified atom stereocenters. The number of benzene rings is 3. The van der Waals surface area contributed by atoms with Gasteiger partial charge in [-0.3, -0.25) is 14.4 Å². The largest absolute Gasteiger partial charge is 0.493 e. The van der Waals surface area contributed by atoms with Crippen LogP contribution in [-0.2, 0) is 4.79 Å². The standard InChI is InChI=1S/C29H20O8/c1-33-22-9-5-6-15(28(22)34-2)12-23-27(32)17-10-11-21-25(29(17)37-23)18(13-24(30)36-21)19-14-35-20-8-4-3-7-16(20)26(19)31/h3-12,14,18H,13H2,1-2H3. The lowest BCUT2D eigenvalue weighted by molar-refractivity contribution is -0.135. The predicted molar refractivity (Wildman–Crippen MR) is 134 cm³/mol. The smallest absolute Gasteiger partial charge is 0.312 e. The van der Waals surface area contributed by atoms with Crippen molar-refractivity contribution >= 4 is 28.8 Å². The third-order valence-corrected chi connectivity index (χ3v) is 6.58. The number of hydrogen-bond acceptors (Lipinski definition) is 8. The topological polar surface area (TPSA) is 101 Å². The molecule has 0 aliphatic carbocycles. The molecule has 0 spiro atoms. The SMILES string of the molecule is COc1cccc(C=C2Oc3c(ccc4c3C(c3coc5ccccc5c3=O)CC(=O)O4)C2=O)c1OC. The van der Waals surface area contributed by atoms with E-state index in [0.29, 0.717) is 39.2 Å². The summed E-state index contributed by atoms with van der Waals surface area (Å²) in [6.45, 7) is 0. The molecule has 0 saturated heterocycles. The molecule has 4 aromatic rings. The molecule has 6 rings (SSSR count). The molecule has 3 heterocycles. The van der Waals surface area contributed by atoms with Crippen LogP contribution >= 0.6 is 0 Å². The summed E-state index contributed by atoms with van der Waals surface area (Å²) in [6, 6.07) is 15.3. The molecule has 8 nitrogen and oxygen atoms in total. The minimum atomic E-state index is -0.717. The Kier molecular flexibility index (Phi) is 5.30. The second-order valence-corrected chi connectivity index (χ2v) is 8.62. The van der Waals surface area contributed by atoms with Gasteiger partial charge in [0.05, 0.1) is 37.9 Å². The summed E-state index contributed by atoms with van der Waals surface area (Å²) in [5.74, 6) is -0.0438. The number of ketones is 1. The first-order valence-corrected chi connectivity index (χ1v) is 11.5. The van der Waals surface area contributed by atoms with Crippen LogP contribution in [-0.4, -0.2) is 26.0 Å². The Morgan fingerprint density at radius 1 is 0.919 bits per heavy atom. The number of fused-ring (bicyclic) bond motifs is 4. The van der Waals surface area contributed by atoms with Gasteiger partial charge in [0.2, 0.25) is 5.78 Å². The van der Waals surface area contributed by atoms with E-state index < -0.39 is 11.9 Å². The number of hydrogen-bond donors (Lipinski definition) is 0.